The van der Waals surface area contributed by atoms with Crippen LogP contribution < -0.4 is 14.8 Å². The Morgan fingerprint density at radius 2 is 1.96 bits per heavy atom. The smallest absolute Gasteiger partial charge is 0.254 e. The fourth-order valence-electron chi connectivity index (χ4n) is 2.38. The van der Waals surface area contributed by atoms with Crippen LogP contribution in [0.1, 0.15) is 28.4 Å². The molecular formula is C17H15F2NO4. The van der Waals surface area contributed by atoms with Gasteiger partial charge in [-0.15, -0.1) is 0 Å². The Hall–Kier alpha value is -2.67. The molecule has 0 aliphatic carbocycles. The van der Waals surface area contributed by atoms with Gasteiger partial charge in [-0.25, -0.2) is 8.78 Å². The fraction of sp³-hybridized carbons (Fsp3) is 0.235. The maximum Gasteiger partial charge on any atom is 0.254 e. The summed E-state index contributed by atoms with van der Waals surface area (Å²) in [5.74, 6) is -1.16. The van der Waals surface area contributed by atoms with Gasteiger partial charge in [0.05, 0.1) is 11.7 Å². The van der Waals surface area contributed by atoms with E-state index in [0.29, 0.717) is 23.1 Å². The first-order valence-corrected chi connectivity index (χ1v) is 7.35. The molecule has 1 amide bonds. The number of fused-ring (bicyclic) bond motifs is 1. The molecule has 2 aromatic carbocycles. The molecule has 24 heavy (non-hydrogen) atoms. The zero-order chi connectivity index (χ0) is 17.1. The number of amides is 1. The van der Waals surface area contributed by atoms with E-state index < -0.39 is 23.6 Å². The minimum Gasteiger partial charge on any atom is -0.454 e. The number of nitrogens with one attached hydrogen (secondary N) is 1. The molecule has 7 heteroatoms. The number of halogens is 2. The lowest BCUT2D eigenvalue weighted by atomic mass is 10.1. The van der Waals surface area contributed by atoms with Crippen molar-refractivity contribution in [1.82, 2.24) is 5.32 Å². The van der Waals surface area contributed by atoms with E-state index in [2.05, 4.69) is 5.32 Å². The molecule has 0 saturated carbocycles. The highest BCUT2D eigenvalue weighted by atomic mass is 19.1. The topological polar surface area (TPSA) is 67.8 Å². The highest BCUT2D eigenvalue weighted by molar-refractivity contribution is 5.94. The predicted molar refractivity (Wildman–Crippen MR) is 80.8 cm³/mol. The van der Waals surface area contributed by atoms with Crippen molar-refractivity contribution in [3.63, 3.8) is 0 Å². The molecule has 5 nitrogen and oxygen atoms in total. The largest absolute Gasteiger partial charge is 0.454 e. The summed E-state index contributed by atoms with van der Waals surface area (Å²) in [6.45, 7) is 0.277. The molecule has 1 aliphatic rings. The van der Waals surface area contributed by atoms with Crippen LogP contribution in [0.15, 0.2) is 36.4 Å². The number of benzene rings is 2. The van der Waals surface area contributed by atoms with Crippen molar-refractivity contribution in [3.05, 3.63) is 59.2 Å². The van der Waals surface area contributed by atoms with Crippen LogP contribution in [0.4, 0.5) is 8.78 Å². The van der Waals surface area contributed by atoms with E-state index in [1.165, 1.54) is 0 Å². The highest BCUT2D eigenvalue weighted by Gasteiger charge is 2.17. The predicted octanol–water partition coefficient (Wildman–Crippen LogP) is 2.55. The van der Waals surface area contributed by atoms with E-state index in [4.69, 9.17) is 9.47 Å². The number of hydrogen-bond donors (Lipinski definition) is 2. The Kier molecular flexibility index (Phi) is 4.61. The molecule has 3 rings (SSSR count). The van der Waals surface area contributed by atoms with Crippen molar-refractivity contribution in [1.29, 1.82) is 0 Å². The van der Waals surface area contributed by atoms with Crippen LogP contribution in [0.25, 0.3) is 0 Å². The highest BCUT2D eigenvalue weighted by Crippen LogP contribution is 2.34. The summed E-state index contributed by atoms with van der Waals surface area (Å²) < 4.78 is 36.8. The molecular weight excluding hydrogens is 320 g/mol. The first kappa shape index (κ1) is 16.2. The lowest BCUT2D eigenvalue weighted by molar-refractivity contribution is 0.0938. The second kappa shape index (κ2) is 6.84. The maximum absolute atomic E-state index is 13.5. The first-order valence-electron chi connectivity index (χ1n) is 7.35. The minimum absolute atomic E-state index is 0.130. The third-order valence-electron chi connectivity index (χ3n) is 3.66. The number of hydrogen-bond acceptors (Lipinski definition) is 4. The molecule has 0 bridgehead atoms. The monoisotopic (exact) mass is 335 g/mol. The quantitative estimate of drug-likeness (QED) is 0.881. The van der Waals surface area contributed by atoms with Gasteiger partial charge in [-0.05, 0) is 36.2 Å². The van der Waals surface area contributed by atoms with E-state index in [-0.39, 0.29) is 25.3 Å². The number of carbonyl (C=O) groups excluding carboxylic acids is 1. The summed E-state index contributed by atoms with van der Waals surface area (Å²) in [6.07, 6.45) is -0.591. The van der Waals surface area contributed by atoms with Crippen molar-refractivity contribution in [2.24, 2.45) is 0 Å². The second-order valence-corrected chi connectivity index (χ2v) is 5.30. The van der Waals surface area contributed by atoms with Crippen LogP contribution in [-0.4, -0.2) is 24.4 Å². The lowest BCUT2D eigenvalue weighted by Crippen LogP contribution is -2.26. The van der Waals surface area contributed by atoms with Gasteiger partial charge in [0.1, 0.15) is 11.6 Å². The standard InChI is InChI=1S/C17H15F2NO4/c18-11-2-3-12(13(19)8-11)17(22)20-6-5-14(21)10-1-4-15-16(7-10)24-9-23-15/h1-4,7-8,14,21H,5-6,9H2,(H,20,22)/t14-/m0/s1. The van der Waals surface area contributed by atoms with Crippen molar-refractivity contribution >= 4 is 5.91 Å². The molecule has 0 fully saturated rings. The second-order valence-electron chi connectivity index (χ2n) is 5.30. The van der Waals surface area contributed by atoms with Crippen molar-refractivity contribution in [2.75, 3.05) is 13.3 Å². The van der Waals surface area contributed by atoms with Gasteiger partial charge < -0.3 is 19.9 Å². The number of rotatable bonds is 5. The Labute approximate surface area is 136 Å². The molecule has 1 atom stereocenters. The summed E-state index contributed by atoms with van der Waals surface area (Å²) in [7, 11) is 0. The van der Waals surface area contributed by atoms with E-state index in [9.17, 15) is 18.7 Å². The van der Waals surface area contributed by atoms with Gasteiger partial charge in [0.15, 0.2) is 11.5 Å². The Bertz CT molecular complexity index is 766. The van der Waals surface area contributed by atoms with Crippen LogP contribution in [-0.2, 0) is 0 Å². The van der Waals surface area contributed by atoms with Crippen LogP contribution in [0.2, 0.25) is 0 Å². The van der Waals surface area contributed by atoms with E-state index >= 15 is 0 Å². The number of ether oxygens (including phenoxy) is 2. The zero-order valence-electron chi connectivity index (χ0n) is 12.6. The molecule has 1 aliphatic heterocycles. The summed E-state index contributed by atoms with van der Waals surface area (Å²) in [5, 5.41) is 12.6. The lowest BCUT2D eigenvalue weighted by Gasteiger charge is -2.12. The molecule has 0 unspecified atom stereocenters. The molecule has 0 radical (unpaired) electrons. The van der Waals surface area contributed by atoms with E-state index in [1.807, 2.05) is 0 Å². The van der Waals surface area contributed by atoms with E-state index in [1.54, 1.807) is 18.2 Å². The van der Waals surface area contributed by atoms with Gasteiger partial charge >= 0.3 is 0 Å². The van der Waals surface area contributed by atoms with Gasteiger partial charge in [-0.2, -0.15) is 0 Å². The summed E-state index contributed by atoms with van der Waals surface area (Å²) >= 11 is 0. The Balaban J connectivity index is 1.55. The SMILES string of the molecule is O=C(NCC[C@H](O)c1ccc2c(c1)OCO2)c1ccc(F)cc1F. The molecule has 126 valence electrons. The van der Waals surface area contributed by atoms with Gasteiger partial charge in [0.2, 0.25) is 6.79 Å². The molecule has 0 saturated heterocycles. The van der Waals surface area contributed by atoms with Crippen molar-refractivity contribution in [2.45, 2.75) is 12.5 Å². The van der Waals surface area contributed by atoms with Gasteiger partial charge in [0, 0.05) is 12.6 Å². The minimum atomic E-state index is -0.927. The van der Waals surface area contributed by atoms with Crippen molar-refractivity contribution in [3.8, 4) is 11.5 Å². The van der Waals surface area contributed by atoms with Crippen molar-refractivity contribution < 1.29 is 28.2 Å². The molecule has 2 aromatic rings. The van der Waals surface area contributed by atoms with Gasteiger partial charge in [-0.1, -0.05) is 6.07 Å². The third-order valence-corrected chi connectivity index (χ3v) is 3.66. The van der Waals surface area contributed by atoms with Gasteiger partial charge in [0.25, 0.3) is 5.91 Å². The van der Waals surface area contributed by atoms with E-state index in [0.717, 1.165) is 12.1 Å². The summed E-state index contributed by atoms with van der Waals surface area (Å²) in [6, 6.07) is 7.82. The molecule has 0 aromatic heterocycles. The first-order chi connectivity index (χ1) is 11.5. The summed E-state index contributed by atoms with van der Waals surface area (Å²) in [5.41, 5.74) is 0.385. The normalized spacial score (nSPS) is 13.6. The average molecular weight is 335 g/mol. The molecule has 0 spiro atoms. The van der Waals surface area contributed by atoms with Gasteiger partial charge in [-0.3, -0.25) is 4.79 Å². The summed E-state index contributed by atoms with van der Waals surface area (Å²) in [4.78, 5) is 11.9. The Morgan fingerprint density at radius 1 is 1.17 bits per heavy atom. The number of carbonyl (C=O) groups is 1. The Morgan fingerprint density at radius 3 is 2.75 bits per heavy atom. The van der Waals surface area contributed by atoms with Crippen LogP contribution >= 0.6 is 0 Å². The fourth-order valence-corrected chi connectivity index (χ4v) is 2.38. The zero-order valence-corrected chi connectivity index (χ0v) is 12.6. The number of aliphatic hydroxyl groups is 1. The molecule has 1 heterocycles. The average Bonchev–Trinajstić information content (AvgIpc) is 3.02. The van der Waals surface area contributed by atoms with Crippen LogP contribution in [0, 0.1) is 11.6 Å². The molecule has 2 N–H and O–H groups in total. The van der Waals surface area contributed by atoms with Crippen LogP contribution in [0.5, 0.6) is 11.5 Å². The van der Waals surface area contributed by atoms with Crippen LogP contribution in [0.3, 0.4) is 0 Å². The number of aliphatic hydroxyl groups excluding tert-OH is 1. The third kappa shape index (κ3) is 3.46. The maximum atomic E-state index is 13.5.